The molecular formula is C20H20N2O4S. The number of carbonyl (C=O) groups is 1. The van der Waals surface area contributed by atoms with Gasteiger partial charge in [-0.25, -0.2) is 4.98 Å². The molecule has 0 amide bonds. The number of aromatic nitrogens is 1. The van der Waals surface area contributed by atoms with E-state index in [-0.39, 0.29) is 12.2 Å². The summed E-state index contributed by atoms with van der Waals surface area (Å²) in [7, 11) is 4.65. The minimum absolute atomic E-state index is 0.00735. The molecule has 0 saturated carbocycles. The predicted octanol–water partition coefficient (Wildman–Crippen LogP) is 3.84. The molecule has 3 aromatic rings. The number of thiazole rings is 1. The van der Waals surface area contributed by atoms with E-state index >= 15 is 0 Å². The number of ketones is 1. The summed E-state index contributed by atoms with van der Waals surface area (Å²) in [6.07, 6.45) is 0.213. The molecule has 7 heteroatoms. The van der Waals surface area contributed by atoms with Crippen molar-refractivity contribution in [1.82, 2.24) is 4.98 Å². The number of benzene rings is 2. The van der Waals surface area contributed by atoms with Crippen LogP contribution in [0, 0.1) is 0 Å². The number of nitrogens with zero attached hydrogens (tertiary/aromatic N) is 1. The lowest BCUT2D eigenvalue weighted by molar-refractivity contribution is 0.0994. The van der Waals surface area contributed by atoms with Gasteiger partial charge in [-0.2, -0.15) is 0 Å². The smallest absolute Gasteiger partial charge is 0.203 e. The van der Waals surface area contributed by atoms with E-state index in [1.54, 1.807) is 45.6 Å². The van der Waals surface area contributed by atoms with Crippen LogP contribution >= 0.6 is 11.3 Å². The van der Waals surface area contributed by atoms with E-state index in [0.717, 1.165) is 10.4 Å². The molecule has 0 spiro atoms. The number of Topliss-reactive ketones (excluding diaryl/α,β-unsaturated/α-hetero) is 1. The molecule has 1 aromatic heterocycles. The highest BCUT2D eigenvalue weighted by atomic mass is 32.1. The van der Waals surface area contributed by atoms with Gasteiger partial charge in [0.2, 0.25) is 5.75 Å². The van der Waals surface area contributed by atoms with Gasteiger partial charge in [-0.05, 0) is 12.1 Å². The first-order chi connectivity index (χ1) is 13.1. The summed E-state index contributed by atoms with van der Waals surface area (Å²) < 4.78 is 16.2. The summed E-state index contributed by atoms with van der Waals surface area (Å²) >= 11 is 1.30. The standard InChI is InChI=1S/C20H20N2O4S/c1-24-15-9-13(10-16(25-2)19(15)26-3)18-17(27-20(21)22-18)11-14(23)12-7-5-4-6-8-12/h4-10H,11H2,1-3H3,(H2,21,22). The number of nitrogen functional groups attached to an aromatic ring is 1. The van der Waals surface area contributed by atoms with Gasteiger partial charge in [-0.3, -0.25) is 4.79 Å². The Balaban J connectivity index is 2.02. The molecule has 0 saturated heterocycles. The maximum Gasteiger partial charge on any atom is 0.203 e. The van der Waals surface area contributed by atoms with Gasteiger partial charge in [-0.1, -0.05) is 30.3 Å². The molecule has 1 heterocycles. The lowest BCUT2D eigenvalue weighted by Gasteiger charge is -2.14. The van der Waals surface area contributed by atoms with Crippen LogP contribution in [0.25, 0.3) is 11.3 Å². The fraction of sp³-hybridized carbons (Fsp3) is 0.200. The average molecular weight is 384 g/mol. The highest BCUT2D eigenvalue weighted by Crippen LogP contribution is 2.42. The molecule has 6 nitrogen and oxygen atoms in total. The monoisotopic (exact) mass is 384 g/mol. The Bertz CT molecular complexity index is 929. The minimum atomic E-state index is 0.00735. The Hall–Kier alpha value is -3.06. The van der Waals surface area contributed by atoms with Gasteiger partial charge >= 0.3 is 0 Å². The second-order valence-electron chi connectivity index (χ2n) is 5.70. The Labute approximate surface area is 161 Å². The third-order valence-electron chi connectivity index (χ3n) is 4.07. The van der Waals surface area contributed by atoms with Gasteiger partial charge in [0.15, 0.2) is 22.4 Å². The zero-order valence-corrected chi connectivity index (χ0v) is 16.1. The van der Waals surface area contributed by atoms with Crippen LogP contribution in [0.5, 0.6) is 17.2 Å². The third-order valence-corrected chi connectivity index (χ3v) is 4.95. The van der Waals surface area contributed by atoms with Gasteiger partial charge in [0.25, 0.3) is 0 Å². The van der Waals surface area contributed by atoms with E-state index in [1.165, 1.54) is 11.3 Å². The van der Waals surface area contributed by atoms with Crippen LogP contribution in [0.3, 0.4) is 0 Å². The number of methoxy groups -OCH3 is 3. The first kappa shape index (κ1) is 18.7. The normalized spacial score (nSPS) is 10.5. The largest absolute Gasteiger partial charge is 0.493 e. The fourth-order valence-electron chi connectivity index (χ4n) is 2.81. The highest BCUT2D eigenvalue weighted by molar-refractivity contribution is 7.16. The Morgan fingerprint density at radius 3 is 2.22 bits per heavy atom. The minimum Gasteiger partial charge on any atom is -0.493 e. The molecule has 140 valence electrons. The van der Waals surface area contributed by atoms with Crippen LogP contribution in [0.2, 0.25) is 0 Å². The summed E-state index contributed by atoms with van der Waals surface area (Å²) in [6.45, 7) is 0. The number of hydrogen-bond acceptors (Lipinski definition) is 7. The van der Waals surface area contributed by atoms with E-state index in [9.17, 15) is 4.79 Å². The number of rotatable bonds is 7. The average Bonchev–Trinajstić information content (AvgIpc) is 3.07. The van der Waals surface area contributed by atoms with E-state index in [2.05, 4.69) is 4.98 Å². The number of ether oxygens (including phenoxy) is 3. The summed E-state index contributed by atoms with van der Waals surface area (Å²) in [5.74, 6) is 1.53. The van der Waals surface area contributed by atoms with Gasteiger partial charge in [-0.15, -0.1) is 11.3 Å². The van der Waals surface area contributed by atoms with Crippen molar-refractivity contribution >= 4 is 22.3 Å². The van der Waals surface area contributed by atoms with Gasteiger partial charge < -0.3 is 19.9 Å². The summed E-state index contributed by atoms with van der Waals surface area (Å²) in [5, 5.41) is 0.398. The number of carbonyl (C=O) groups excluding carboxylic acids is 1. The second kappa shape index (κ2) is 8.09. The molecule has 2 aromatic carbocycles. The highest BCUT2D eigenvalue weighted by Gasteiger charge is 2.20. The quantitative estimate of drug-likeness (QED) is 0.623. The topological polar surface area (TPSA) is 83.7 Å². The zero-order chi connectivity index (χ0) is 19.4. The number of anilines is 1. The molecule has 27 heavy (non-hydrogen) atoms. The van der Waals surface area contributed by atoms with Gasteiger partial charge in [0, 0.05) is 22.4 Å². The van der Waals surface area contributed by atoms with Crippen molar-refractivity contribution in [3.05, 3.63) is 52.9 Å². The zero-order valence-electron chi connectivity index (χ0n) is 15.3. The SMILES string of the molecule is COc1cc(-c2nc(N)sc2CC(=O)c2ccccc2)cc(OC)c1OC. The number of nitrogens with two attached hydrogens (primary N) is 1. The molecule has 0 aliphatic carbocycles. The van der Waals surface area contributed by atoms with E-state index in [0.29, 0.717) is 33.6 Å². The van der Waals surface area contributed by atoms with Crippen molar-refractivity contribution in [1.29, 1.82) is 0 Å². The molecule has 0 fully saturated rings. The van der Waals surface area contributed by atoms with Crippen molar-refractivity contribution in [3.63, 3.8) is 0 Å². The lowest BCUT2D eigenvalue weighted by Crippen LogP contribution is -2.03. The molecule has 0 unspecified atom stereocenters. The first-order valence-corrected chi connectivity index (χ1v) is 9.02. The van der Waals surface area contributed by atoms with E-state index in [1.807, 2.05) is 18.2 Å². The van der Waals surface area contributed by atoms with Gasteiger partial charge in [0.1, 0.15) is 0 Å². The van der Waals surface area contributed by atoms with Crippen molar-refractivity contribution < 1.29 is 19.0 Å². The molecule has 0 bridgehead atoms. The van der Waals surface area contributed by atoms with Crippen LogP contribution < -0.4 is 19.9 Å². The van der Waals surface area contributed by atoms with Crippen LogP contribution in [0.4, 0.5) is 5.13 Å². The summed E-state index contributed by atoms with van der Waals surface area (Å²) in [5.41, 5.74) is 7.97. The molecule has 0 radical (unpaired) electrons. The van der Waals surface area contributed by atoms with Crippen molar-refractivity contribution in [2.75, 3.05) is 27.1 Å². The fourth-order valence-corrected chi connectivity index (χ4v) is 3.66. The Morgan fingerprint density at radius 2 is 1.67 bits per heavy atom. The predicted molar refractivity (Wildman–Crippen MR) is 106 cm³/mol. The van der Waals surface area contributed by atoms with Crippen molar-refractivity contribution in [2.45, 2.75) is 6.42 Å². The van der Waals surface area contributed by atoms with Gasteiger partial charge in [0.05, 0.1) is 27.0 Å². The van der Waals surface area contributed by atoms with E-state index < -0.39 is 0 Å². The second-order valence-corrected chi connectivity index (χ2v) is 6.82. The summed E-state index contributed by atoms with van der Waals surface area (Å²) in [6, 6.07) is 12.8. The lowest BCUT2D eigenvalue weighted by atomic mass is 10.0. The summed E-state index contributed by atoms with van der Waals surface area (Å²) in [4.78, 5) is 17.8. The van der Waals surface area contributed by atoms with Crippen LogP contribution in [-0.2, 0) is 6.42 Å². The molecule has 0 atom stereocenters. The van der Waals surface area contributed by atoms with Crippen molar-refractivity contribution in [2.24, 2.45) is 0 Å². The van der Waals surface area contributed by atoms with Crippen LogP contribution in [0.15, 0.2) is 42.5 Å². The maximum atomic E-state index is 12.6. The molecule has 3 rings (SSSR count). The molecular weight excluding hydrogens is 364 g/mol. The molecule has 0 aliphatic rings. The third kappa shape index (κ3) is 3.88. The van der Waals surface area contributed by atoms with E-state index in [4.69, 9.17) is 19.9 Å². The molecule has 2 N–H and O–H groups in total. The Kier molecular flexibility index (Phi) is 5.61. The maximum absolute atomic E-state index is 12.6. The van der Waals surface area contributed by atoms with Crippen LogP contribution in [0.1, 0.15) is 15.2 Å². The molecule has 0 aliphatic heterocycles. The van der Waals surface area contributed by atoms with Crippen LogP contribution in [-0.4, -0.2) is 32.1 Å². The van der Waals surface area contributed by atoms with Crippen molar-refractivity contribution in [3.8, 4) is 28.5 Å². The number of hydrogen-bond donors (Lipinski definition) is 1. The first-order valence-electron chi connectivity index (χ1n) is 8.21. The Morgan fingerprint density at radius 1 is 1.04 bits per heavy atom.